The number of piperidine rings is 1. The molecule has 3 rings (SSSR count). The van der Waals surface area contributed by atoms with Gasteiger partial charge in [0.2, 0.25) is 0 Å². The maximum Gasteiger partial charge on any atom is 0.310 e. The Morgan fingerprint density at radius 2 is 2.30 bits per heavy atom. The molecule has 3 unspecified atom stereocenters. The van der Waals surface area contributed by atoms with E-state index in [-0.39, 0.29) is 17.5 Å². The Morgan fingerprint density at radius 3 is 3.05 bits per heavy atom. The van der Waals surface area contributed by atoms with Gasteiger partial charge in [-0.2, -0.15) is 0 Å². The lowest BCUT2D eigenvalue weighted by Gasteiger charge is -2.41. The number of esters is 1. The molecular formula is C15H25NO4. The summed E-state index contributed by atoms with van der Waals surface area (Å²) in [6.07, 6.45) is 4.06. The number of hydrogen-bond donors (Lipinski definition) is 0. The number of carbonyl (C=O) groups excluding carboxylic acids is 1. The minimum Gasteiger partial charge on any atom is -0.466 e. The lowest BCUT2D eigenvalue weighted by atomic mass is 9.88. The Balaban J connectivity index is 1.66. The van der Waals surface area contributed by atoms with E-state index in [1.807, 2.05) is 6.92 Å². The van der Waals surface area contributed by atoms with Gasteiger partial charge in [0.15, 0.2) is 0 Å². The third-order valence-corrected chi connectivity index (χ3v) is 4.92. The molecule has 0 aromatic carbocycles. The molecule has 0 aromatic heterocycles. The normalized spacial score (nSPS) is 38.5. The first-order chi connectivity index (χ1) is 9.75. The molecule has 0 aliphatic carbocycles. The van der Waals surface area contributed by atoms with Crippen molar-refractivity contribution < 1.29 is 19.0 Å². The largest absolute Gasteiger partial charge is 0.466 e. The standard InChI is InChI=1S/C15H25NO4/c1-2-19-14(17)12-4-3-7-16(10-12)13-5-8-20-15(13)6-9-18-11-15/h12-13H,2-11H2,1H3. The zero-order valence-electron chi connectivity index (χ0n) is 12.3. The molecule has 3 saturated heterocycles. The van der Waals surface area contributed by atoms with E-state index in [0.29, 0.717) is 19.3 Å². The smallest absolute Gasteiger partial charge is 0.310 e. The molecule has 3 atom stereocenters. The first-order valence-electron chi connectivity index (χ1n) is 7.87. The van der Waals surface area contributed by atoms with Gasteiger partial charge in [-0.1, -0.05) is 0 Å². The maximum absolute atomic E-state index is 12.0. The Morgan fingerprint density at radius 1 is 1.40 bits per heavy atom. The van der Waals surface area contributed by atoms with Gasteiger partial charge in [-0.3, -0.25) is 9.69 Å². The van der Waals surface area contributed by atoms with E-state index < -0.39 is 0 Å². The van der Waals surface area contributed by atoms with Crippen LogP contribution < -0.4 is 0 Å². The number of likely N-dealkylation sites (tertiary alicyclic amines) is 1. The van der Waals surface area contributed by atoms with Crippen LogP contribution in [0.1, 0.15) is 32.6 Å². The average Bonchev–Trinajstić information content (AvgIpc) is 3.10. The summed E-state index contributed by atoms with van der Waals surface area (Å²) < 4.78 is 16.8. The van der Waals surface area contributed by atoms with Crippen LogP contribution in [0.15, 0.2) is 0 Å². The highest BCUT2D eigenvalue weighted by Crippen LogP contribution is 2.38. The third-order valence-electron chi connectivity index (χ3n) is 4.92. The van der Waals surface area contributed by atoms with Gasteiger partial charge in [0.05, 0.1) is 19.1 Å². The molecule has 3 aliphatic rings. The second-order valence-electron chi connectivity index (χ2n) is 6.11. The van der Waals surface area contributed by atoms with E-state index in [0.717, 1.165) is 52.0 Å². The van der Waals surface area contributed by atoms with Gasteiger partial charge in [-0.05, 0) is 32.7 Å². The van der Waals surface area contributed by atoms with Gasteiger partial charge in [0.25, 0.3) is 0 Å². The van der Waals surface area contributed by atoms with Crippen molar-refractivity contribution in [2.45, 2.75) is 44.2 Å². The van der Waals surface area contributed by atoms with Gasteiger partial charge in [-0.25, -0.2) is 0 Å². The molecule has 0 bridgehead atoms. The SMILES string of the molecule is CCOC(=O)C1CCCN(C2CCOC23CCOC3)C1. The van der Waals surface area contributed by atoms with Crippen LogP contribution in [0.3, 0.4) is 0 Å². The maximum atomic E-state index is 12.0. The minimum atomic E-state index is -0.115. The number of nitrogens with zero attached hydrogens (tertiary/aromatic N) is 1. The molecule has 5 heteroatoms. The number of rotatable bonds is 3. The predicted octanol–water partition coefficient (Wildman–Crippen LogP) is 1.21. The topological polar surface area (TPSA) is 48.0 Å². The van der Waals surface area contributed by atoms with Crippen molar-refractivity contribution in [2.75, 3.05) is 39.5 Å². The second kappa shape index (κ2) is 6.00. The highest BCUT2D eigenvalue weighted by molar-refractivity contribution is 5.72. The van der Waals surface area contributed by atoms with Crippen molar-refractivity contribution in [1.82, 2.24) is 4.90 Å². The van der Waals surface area contributed by atoms with E-state index in [1.54, 1.807) is 0 Å². The molecule has 0 radical (unpaired) electrons. The van der Waals surface area contributed by atoms with Crippen LogP contribution in [0.2, 0.25) is 0 Å². The fourth-order valence-corrected chi connectivity index (χ4v) is 3.93. The highest BCUT2D eigenvalue weighted by atomic mass is 16.6. The summed E-state index contributed by atoms with van der Waals surface area (Å²) in [5, 5.41) is 0. The predicted molar refractivity (Wildman–Crippen MR) is 73.5 cm³/mol. The summed E-state index contributed by atoms with van der Waals surface area (Å²) in [5.74, 6) is -0.00323. The van der Waals surface area contributed by atoms with Gasteiger partial charge in [0.1, 0.15) is 5.60 Å². The molecule has 3 fully saturated rings. The number of carbonyl (C=O) groups is 1. The first-order valence-corrected chi connectivity index (χ1v) is 7.87. The van der Waals surface area contributed by atoms with Gasteiger partial charge < -0.3 is 14.2 Å². The van der Waals surface area contributed by atoms with Crippen LogP contribution in [0.5, 0.6) is 0 Å². The van der Waals surface area contributed by atoms with Crippen molar-refractivity contribution in [3.05, 3.63) is 0 Å². The number of hydrogen-bond acceptors (Lipinski definition) is 5. The van der Waals surface area contributed by atoms with Crippen molar-refractivity contribution in [1.29, 1.82) is 0 Å². The summed E-state index contributed by atoms with van der Waals surface area (Å²) in [6, 6.07) is 0.405. The van der Waals surface area contributed by atoms with Crippen LogP contribution in [0.4, 0.5) is 0 Å². The molecule has 3 aliphatic heterocycles. The summed E-state index contributed by atoms with van der Waals surface area (Å²) >= 11 is 0. The summed E-state index contributed by atoms with van der Waals surface area (Å²) in [7, 11) is 0. The molecule has 5 nitrogen and oxygen atoms in total. The fourth-order valence-electron chi connectivity index (χ4n) is 3.93. The van der Waals surface area contributed by atoms with Crippen LogP contribution in [0.25, 0.3) is 0 Å². The quantitative estimate of drug-likeness (QED) is 0.729. The molecule has 3 heterocycles. The Kier molecular flexibility index (Phi) is 4.29. The molecule has 114 valence electrons. The number of ether oxygens (including phenoxy) is 3. The van der Waals surface area contributed by atoms with Crippen LogP contribution >= 0.6 is 0 Å². The highest BCUT2D eigenvalue weighted by Gasteiger charge is 2.50. The molecule has 0 amide bonds. The zero-order valence-corrected chi connectivity index (χ0v) is 12.3. The monoisotopic (exact) mass is 283 g/mol. The molecule has 0 saturated carbocycles. The van der Waals surface area contributed by atoms with Crippen LogP contribution in [-0.4, -0.2) is 62.0 Å². The van der Waals surface area contributed by atoms with Gasteiger partial charge in [-0.15, -0.1) is 0 Å². The lowest BCUT2D eigenvalue weighted by molar-refractivity contribution is -0.151. The Labute approximate surface area is 120 Å². The second-order valence-corrected chi connectivity index (χ2v) is 6.11. The van der Waals surface area contributed by atoms with E-state index >= 15 is 0 Å². The average molecular weight is 283 g/mol. The van der Waals surface area contributed by atoms with Crippen LogP contribution in [0, 0.1) is 5.92 Å². The lowest BCUT2D eigenvalue weighted by Crippen LogP contribution is -2.54. The van der Waals surface area contributed by atoms with E-state index in [2.05, 4.69) is 4.90 Å². The van der Waals surface area contributed by atoms with Gasteiger partial charge in [0, 0.05) is 32.2 Å². The third kappa shape index (κ3) is 2.59. The van der Waals surface area contributed by atoms with Crippen LogP contribution in [-0.2, 0) is 19.0 Å². The van der Waals surface area contributed by atoms with Crippen molar-refractivity contribution in [3.8, 4) is 0 Å². The summed E-state index contributed by atoms with van der Waals surface area (Å²) in [6.45, 7) is 6.53. The van der Waals surface area contributed by atoms with E-state index in [4.69, 9.17) is 14.2 Å². The summed E-state index contributed by atoms with van der Waals surface area (Å²) in [4.78, 5) is 14.4. The molecule has 1 spiro atoms. The van der Waals surface area contributed by atoms with Crippen molar-refractivity contribution >= 4 is 5.97 Å². The molecule has 20 heavy (non-hydrogen) atoms. The van der Waals surface area contributed by atoms with Crippen molar-refractivity contribution in [3.63, 3.8) is 0 Å². The first kappa shape index (κ1) is 14.3. The minimum absolute atomic E-state index is 0.0312. The van der Waals surface area contributed by atoms with Gasteiger partial charge >= 0.3 is 5.97 Å². The Bertz CT molecular complexity index is 348. The molecule has 0 aromatic rings. The summed E-state index contributed by atoms with van der Waals surface area (Å²) in [5.41, 5.74) is -0.115. The molecule has 0 N–H and O–H groups in total. The molecular weight excluding hydrogens is 258 g/mol. The fraction of sp³-hybridized carbons (Fsp3) is 0.933. The zero-order chi connectivity index (χ0) is 14.0. The Hall–Kier alpha value is -0.650. The van der Waals surface area contributed by atoms with Crippen molar-refractivity contribution in [2.24, 2.45) is 5.92 Å². The van der Waals surface area contributed by atoms with E-state index in [9.17, 15) is 4.79 Å². The van der Waals surface area contributed by atoms with E-state index in [1.165, 1.54) is 0 Å².